The number of ether oxygens (including phenoxy) is 1. The Morgan fingerprint density at radius 3 is 2.70 bits per heavy atom. The summed E-state index contributed by atoms with van der Waals surface area (Å²) in [5, 5.41) is 0.942. The van der Waals surface area contributed by atoms with Crippen molar-refractivity contribution in [2.45, 2.75) is 56.6 Å². The highest BCUT2D eigenvalue weighted by Gasteiger charge is 2.28. The molecule has 2 aliphatic heterocycles. The molecule has 6 nitrogen and oxygen atoms in total. The maximum absolute atomic E-state index is 14.5. The van der Waals surface area contributed by atoms with Crippen molar-refractivity contribution in [1.29, 1.82) is 0 Å². The highest BCUT2D eigenvalue weighted by atomic mass is 32.2. The van der Waals surface area contributed by atoms with E-state index in [4.69, 9.17) is 4.74 Å². The molecule has 0 radical (unpaired) electrons. The van der Waals surface area contributed by atoms with E-state index in [-0.39, 0.29) is 5.25 Å². The average Bonchev–Trinajstić information content (AvgIpc) is 3.49. The largest absolute Gasteiger partial charge is 0.381 e. The topological polar surface area (TPSA) is 59.7 Å². The number of aromatic nitrogens is 2. The van der Waals surface area contributed by atoms with Crippen LogP contribution in [-0.2, 0) is 20.9 Å². The molecule has 0 N–H and O–H groups in total. The summed E-state index contributed by atoms with van der Waals surface area (Å²) in [6.07, 6.45) is 10.4. The summed E-state index contributed by atoms with van der Waals surface area (Å²) in [7, 11) is -1.25. The zero-order chi connectivity index (χ0) is 26.2. The molecular weight excluding hydrogens is 487 g/mol. The van der Waals surface area contributed by atoms with E-state index in [1.807, 2.05) is 26.2 Å². The first-order chi connectivity index (χ1) is 17.8. The molecule has 0 unspecified atom stereocenters. The number of likely N-dealkylation sites (tertiary alicyclic amines) is 1. The van der Waals surface area contributed by atoms with Gasteiger partial charge in [0.05, 0.1) is 32.0 Å². The van der Waals surface area contributed by atoms with Gasteiger partial charge in [-0.05, 0) is 94.2 Å². The minimum atomic E-state index is -2.81. The fraction of sp³-hybridized carbons (Fsp3) is 0.552. The van der Waals surface area contributed by atoms with Gasteiger partial charge in [-0.2, -0.15) is 0 Å². The Balaban J connectivity index is 1.49. The summed E-state index contributed by atoms with van der Waals surface area (Å²) in [5.41, 5.74) is 4.06. The van der Waals surface area contributed by atoms with E-state index >= 15 is 0 Å². The molecule has 0 saturated carbocycles. The van der Waals surface area contributed by atoms with Crippen molar-refractivity contribution in [3.05, 3.63) is 53.7 Å². The number of halogens is 1. The van der Waals surface area contributed by atoms with Crippen LogP contribution in [-0.4, -0.2) is 63.8 Å². The summed E-state index contributed by atoms with van der Waals surface area (Å²) in [4.78, 5) is 7.55. The summed E-state index contributed by atoms with van der Waals surface area (Å²) < 4.78 is 40.2. The van der Waals surface area contributed by atoms with Crippen LogP contribution in [0.3, 0.4) is 0 Å². The molecule has 0 spiro atoms. The predicted octanol–water partition coefficient (Wildman–Crippen LogP) is 5.63. The van der Waals surface area contributed by atoms with Crippen LogP contribution in [0.2, 0.25) is 0 Å². The van der Waals surface area contributed by atoms with Crippen LogP contribution in [0.5, 0.6) is 0 Å². The number of hydrogen-bond acceptors (Lipinski definition) is 5. The Hall–Kier alpha value is -2.29. The first kappa shape index (κ1) is 26.3. The smallest absolute Gasteiger partial charge is 0.124 e. The molecule has 0 aliphatic carbocycles. The second kappa shape index (κ2) is 10.8. The molecule has 2 atom stereocenters. The number of benzene rings is 1. The molecule has 2 fully saturated rings. The molecular formula is C29H39FN4O2S. The molecule has 2 aromatic heterocycles. The Labute approximate surface area is 220 Å². The molecule has 0 bridgehead atoms. The second-order valence-electron chi connectivity index (χ2n) is 11.0. The molecule has 37 heavy (non-hydrogen) atoms. The zero-order valence-electron chi connectivity index (χ0n) is 22.5. The van der Waals surface area contributed by atoms with Crippen LogP contribution in [0.25, 0.3) is 16.6 Å². The fourth-order valence-electron chi connectivity index (χ4n) is 6.13. The van der Waals surface area contributed by atoms with Crippen molar-refractivity contribution in [2.24, 2.45) is 16.2 Å². The lowest BCUT2D eigenvalue weighted by molar-refractivity contribution is 0.0551. The normalized spacial score (nSPS) is 21.1. The molecule has 8 heteroatoms. The highest BCUT2D eigenvalue weighted by molar-refractivity contribution is 7.94. The van der Waals surface area contributed by atoms with Crippen LogP contribution >= 0.6 is 0 Å². The van der Waals surface area contributed by atoms with Crippen molar-refractivity contribution in [3.8, 4) is 5.69 Å². The maximum Gasteiger partial charge on any atom is 0.124 e. The first-order valence-electron chi connectivity index (χ1n) is 13.5. The minimum absolute atomic E-state index is 0.251. The Bertz CT molecular complexity index is 1390. The van der Waals surface area contributed by atoms with E-state index < -0.39 is 15.5 Å². The van der Waals surface area contributed by atoms with Crippen LogP contribution in [0.15, 0.2) is 46.0 Å². The predicted molar refractivity (Wildman–Crippen MR) is 147 cm³/mol. The lowest BCUT2D eigenvalue weighted by Crippen LogP contribution is -2.31. The van der Waals surface area contributed by atoms with Gasteiger partial charge in [-0.3, -0.25) is 4.98 Å². The third-order valence-corrected chi connectivity index (χ3v) is 10.9. The monoisotopic (exact) mass is 526 g/mol. The first-order valence-corrected chi connectivity index (χ1v) is 15.1. The van der Waals surface area contributed by atoms with Gasteiger partial charge in [0.2, 0.25) is 0 Å². The Morgan fingerprint density at radius 2 is 1.97 bits per heavy atom. The summed E-state index contributed by atoms with van der Waals surface area (Å²) in [6.45, 7) is 11.1. The van der Waals surface area contributed by atoms with Gasteiger partial charge in [-0.1, -0.05) is 0 Å². The molecule has 1 aromatic carbocycles. The molecule has 0 amide bonds. The van der Waals surface area contributed by atoms with Gasteiger partial charge in [-0.25, -0.2) is 13.0 Å². The maximum atomic E-state index is 14.5. The van der Waals surface area contributed by atoms with Gasteiger partial charge in [0, 0.05) is 56.4 Å². The van der Waals surface area contributed by atoms with E-state index in [0.717, 1.165) is 49.7 Å². The van der Waals surface area contributed by atoms with E-state index in [1.54, 1.807) is 13.1 Å². The number of hydrogen-bond donors (Lipinski definition) is 0. The molecule has 200 valence electrons. The van der Waals surface area contributed by atoms with Crippen molar-refractivity contribution < 1.29 is 13.3 Å². The van der Waals surface area contributed by atoms with Crippen molar-refractivity contribution >= 4 is 20.6 Å². The van der Waals surface area contributed by atoms with Crippen molar-refractivity contribution in [3.63, 3.8) is 0 Å². The van der Waals surface area contributed by atoms with Crippen LogP contribution < -0.4 is 0 Å². The van der Waals surface area contributed by atoms with Crippen LogP contribution in [0.4, 0.5) is 4.39 Å². The Kier molecular flexibility index (Phi) is 7.70. The van der Waals surface area contributed by atoms with Crippen molar-refractivity contribution in [2.75, 3.05) is 39.9 Å². The van der Waals surface area contributed by atoms with E-state index in [9.17, 15) is 8.60 Å². The SMILES string of the molecule is CN=[S@](=O)(c1cc(F)ccc1-n1cc(C[C@@H]2CCN(CC3CCOCC3)C2)c2c(C)cncc21)C(C)C. The second-order valence-corrected chi connectivity index (χ2v) is 13.8. The van der Waals surface area contributed by atoms with Gasteiger partial charge in [0.1, 0.15) is 5.82 Å². The lowest BCUT2D eigenvalue weighted by atomic mass is 9.97. The lowest BCUT2D eigenvalue weighted by Gasteiger charge is -2.27. The summed E-state index contributed by atoms with van der Waals surface area (Å²) >= 11 is 0. The van der Waals surface area contributed by atoms with Crippen LogP contribution in [0, 0.1) is 24.6 Å². The van der Waals surface area contributed by atoms with Gasteiger partial charge < -0.3 is 14.2 Å². The van der Waals surface area contributed by atoms with E-state index in [0.29, 0.717) is 16.5 Å². The summed E-state index contributed by atoms with van der Waals surface area (Å²) in [6, 6.07) is 4.56. The average molecular weight is 527 g/mol. The molecule has 3 aromatic rings. The van der Waals surface area contributed by atoms with Crippen molar-refractivity contribution in [1.82, 2.24) is 14.5 Å². The van der Waals surface area contributed by atoms with E-state index in [1.165, 1.54) is 48.9 Å². The number of nitrogens with zero attached hydrogens (tertiary/aromatic N) is 4. The zero-order valence-corrected chi connectivity index (χ0v) is 23.3. The Morgan fingerprint density at radius 1 is 1.19 bits per heavy atom. The summed E-state index contributed by atoms with van der Waals surface area (Å²) in [5.74, 6) is 0.932. The standard InChI is InChI=1S/C29H39FN4O2S/c1-20(2)37(35,31-4)28-14-25(30)5-6-26(28)34-19-24(29-21(3)15-32-16-27(29)34)13-23-7-10-33(18-23)17-22-8-11-36-12-9-22/h5-6,14-16,19-20,22-23H,7-13,17-18H2,1-4H3/t23-,37+/m0/s1. The van der Waals surface area contributed by atoms with Crippen LogP contribution in [0.1, 0.15) is 44.2 Å². The molecule has 2 saturated heterocycles. The quantitative estimate of drug-likeness (QED) is 0.400. The van der Waals surface area contributed by atoms with Gasteiger partial charge in [0.25, 0.3) is 0 Å². The highest BCUT2D eigenvalue weighted by Crippen LogP contribution is 2.34. The third kappa shape index (κ3) is 5.20. The third-order valence-electron chi connectivity index (χ3n) is 8.12. The van der Waals surface area contributed by atoms with E-state index in [2.05, 4.69) is 31.9 Å². The number of fused-ring (bicyclic) bond motifs is 1. The molecule has 2 aliphatic rings. The molecule has 4 heterocycles. The number of rotatable bonds is 7. The number of pyridine rings is 1. The minimum Gasteiger partial charge on any atom is -0.381 e. The number of aryl methyl sites for hydroxylation is 1. The van der Waals surface area contributed by atoms with Gasteiger partial charge in [-0.15, -0.1) is 0 Å². The van der Waals surface area contributed by atoms with Gasteiger partial charge in [0.15, 0.2) is 0 Å². The fourth-order valence-corrected chi connectivity index (χ4v) is 8.00. The van der Waals surface area contributed by atoms with Gasteiger partial charge >= 0.3 is 0 Å². The molecule has 5 rings (SSSR count).